The smallest absolute Gasteiger partial charge is 0.336 e. The number of rotatable bonds is 2. The Morgan fingerprint density at radius 2 is 2.00 bits per heavy atom. The number of ether oxygens (including phenoxy) is 1. The molecule has 0 aromatic heterocycles. The Kier molecular flexibility index (Phi) is 2.48. The van der Waals surface area contributed by atoms with E-state index < -0.39 is 11.8 Å². The molecule has 2 aromatic rings. The van der Waals surface area contributed by atoms with Gasteiger partial charge in [-0.25, -0.2) is 9.18 Å². The van der Waals surface area contributed by atoms with Crippen molar-refractivity contribution in [3.05, 3.63) is 41.7 Å². The third-order valence-electron chi connectivity index (χ3n) is 2.40. The Balaban J connectivity index is 2.80. The summed E-state index contributed by atoms with van der Waals surface area (Å²) in [6, 6.07) is 7.03. The second-order valence-corrected chi connectivity index (χ2v) is 3.31. The molecule has 0 bridgehead atoms. The number of halogens is 1. The van der Waals surface area contributed by atoms with Crippen LogP contribution in [0.5, 0.6) is 5.75 Å². The molecule has 0 spiro atoms. The summed E-state index contributed by atoms with van der Waals surface area (Å²) >= 11 is 0. The minimum absolute atomic E-state index is 0.0825. The number of benzene rings is 2. The second kappa shape index (κ2) is 3.81. The van der Waals surface area contributed by atoms with Crippen molar-refractivity contribution in [2.45, 2.75) is 0 Å². The minimum atomic E-state index is -1.07. The van der Waals surface area contributed by atoms with E-state index in [0.717, 1.165) is 6.07 Å². The molecule has 0 amide bonds. The standard InChI is InChI=1S/C12H9FO3/c1-16-7-2-3-8-9(12(14)15)4-5-11(13)10(8)6-7/h2-6H,1H3,(H,14,15). The van der Waals surface area contributed by atoms with Gasteiger partial charge in [0.05, 0.1) is 12.7 Å². The molecule has 0 fully saturated rings. The number of carbonyl (C=O) groups is 1. The molecule has 0 atom stereocenters. The van der Waals surface area contributed by atoms with Gasteiger partial charge in [-0.05, 0) is 35.7 Å². The molecule has 0 radical (unpaired) electrons. The lowest BCUT2D eigenvalue weighted by atomic mass is 10.0. The highest BCUT2D eigenvalue weighted by molar-refractivity contribution is 6.04. The normalized spacial score (nSPS) is 10.4. The fraction of sp³-hybridized carbons (Fsp3) is 0.0833. The monoisotopic (exact) mass is 220 g/mol. The van der Waals surface area contributed by atoms with E-state index in [2.05, 4.69) is 0 Å². The lowest BCUT2D eigenvalue weighted by Gasteiger charge is -2.06. The van der Waals surface area contributed by atoms with Crippen LogP contribution in [-0.2, 0) is 0 Å². The Hall–Kier alpha value is -2.10. The molecule has 0 aliphatic carbocycles. The van der Waals surface area contributed by atoms with E-state index in [-0.39, 0.29) is 10.9 Å². The highest BCUT2D eigenvalue weighted by atomic mass is 19.1. The summed E-state index contributed by atoms with van der Waals surface area (Å²) in [5.74, 6) is -1.04. The zero-order valence-corrected chi connectivity index (χ0v) is 8.53. The third kappa shape index (κ3) is 1.58. The van der Waals surface area contributed by atoms with Crippen molar-refractivity contribution < 1.29 is 19.0 Å². The molecular formula is C12H9FO3. The molecule has 2 aromatic carbocycles. The molecule has 1 N–H and O–H groups in total. The molecular weight excluding hydrogens is 211 g/mol. The van der Waals surface area contributed by atoms with Gasteiger partial charge in [0.1, 0.15) is 11.6 Å². The summed E-state index contributed by atoms with van der Waals surface area (Å²) in [5, 5.41) is 9.56. The fourth-order valence-electron chi connectivity index (χ4n) is 1.61. The second-order valence-electron chi connectivity index (χ2n) is 3.31. The average Bonchev–Trinajstić information content (AvgIpc) is 2.29. The van der Waals surface area contributed by atoms with Crippen LogP contribution in [0, 0.1) is 5.82 Å². The summed E-state index contributed by atoms with van der Waals surface area (Å²) in [7, 11) is 1.47. The highest BCUT2D eigenvalue weighted by Gasteiger charge is 2.11. The maximum atomic E-state index is 13.5. The summed E-state index contributed by atoms with van der Waals surface area (Å²) < 4.78 is 18.5. The number of methoxy groups -OCH3 is 1. The van der Waals surface area contributed by atoms with Gasteiger partial charge >= 0.3 is 5.97 Å². The van der Waals surface area contributed by atoms with E-state index >= 15 is 0 Å². The van der Waals surface area contributed by atoms with Gasteiger partial charge in [-0.1, -0.05) is 0 Å². The molecule has 16 heavy (non-hydrogen) atoms. The van der Waals surface area contributed by atoms with Crippen LogP contribution in [0.4, 0.5) is 4.39 Å². The first-order valence-corrected chi connectivity index (χ1v) is 4.63. The molecule has 0 saturated heterocycles. The summed E-state index contributed by atoms with van der Waals surface area (Å²) in [6.07, 6.45) is 0. The van der Waals surface area contributed by atoms with Crippen molar-refractivity contribution in [2.75, 3.05) is 7.11 Å². The molecule has 0 saturated carbocycles. The molecule has 0 unspecified atom stereocenters. The first-order valence-electron chi connectivity index (χ1n) is 4.63. The van der Waals surface area contributed by atoms with Crippen LogP contribution in [0.2, 0.25) is 0 Å². The molecule has 4 heteroatoms. The Bertz CT molecular complexity index is 563. The number of fused-ring (bicyclic) bond motifs is 1. The van der Waals surface area contributed by atoms with Crippen LogP contribution >= 0.6 is 0 Å². The van der Waals surface area contributed by atoms with Gasteiger partial charge in [0.15, 0.2) is 0 Å². The first kappa shape index (κ1) is 10.4. The Labute approximate surface area is 91.1 Å². The highest BCUT2D eigenvalue weighted by Crippen LogP contribution is 2.26. The van der Waals surface area contributed by atoms with Crippen LogP contribution in [0.3, 0.4) is 0 Å². The van der Waals surface area contributed by atoms with Crippen LogP contribution in [-0.4, -0.2) is 18.2 Å². The fourth-order valence-corrected chi connectivity index (χ4v) is 1.61. The van der Waals surface area contributed by atoms with E-state index in [0.29, 0.717) is 11.1 Å². The minimum Gasteiger partial charge on any atom is -0.497 e. The van der Waals surface area contributed by atoms with E-state index in [4.69, 9.17) is 9.84 Å². The van der Waals surface area contributed by atoms with Gasteiger partial charge in [0.2, 0.25) is 0 Å². The third-order valence-corrected chi connectivity index (χ3v) is 2.40. The van der Waals surface area contributed by atoms with E-state index in [1.165, 1.54) is 19.2 Å². The summed E-state index contributed by atoms with van der Waals surface area (Å²) in [5.41, 5.74) is 0.0825. The lowest BCUT2D eigenvalue weighted by molar-refractivity contribution is 0.0699. The molecule has 0 aliphatic heterocycles. The summed E-state index contributed by atoms with van der Waals surface area (Å²) in [4.78, 5) is 10.9. The van der Waals surface area contributed by atoms with E-state index in [1.807, 2.05) is 0 Å². The van der Waals surface area contributed by atoms with Gasteiger partial charge < -0.3 is 9.84 Å². The van der Waals surface area contributed by atoms with Crippen molar-refractivity contribution in [1.82, 2.24) is 0 Å². The number of carboxylic acid groups (broad SMARTS) is 1. The molecule has 2 rings (SSSR count). The number of hydrogen-bond acceptors (Lipinski definition) is 2. The summed E-state index contributed by atoms with van der Waals surface area (Å²) in [6.45, 7) is 0. The maximum Gasteiger partial charge on any atom is 0.336 e. The van der Waals surface area contributed by atoms with Crippen LogP contribution < -0.4 is 4.74 Å². The number of aromatic carboxylic acids is 1. The maximum absolute atomic E-state index is 13.5. The van der Waals surface area contributed by atoms with Crippen LogP contribution in [0.25, 0.3) is 10.8 Å². The van der Waals surface area contributed by atoms with Gasteiger partial charge in [0, 0.05) is 5.39 Å². The SMILES string of the molecule is COc1ccc2c(C(=O)O)ccc(F)c2c1. The average molecular weight is 220 g/mol. The molecule has 0 aliphatic rings. The van der Waals surface area contributed by atoms with Gasteiger partial charge in [0.25, 0.3) is 0 Å². The van der Waals surface area contributed by atoms with Gasteiger partial charge in [-0.2, -0.15) is 0 Å². The van der Waals surface area contributed by atoms with E-state index in [9.17, 15) is 9.18 Å². The zero-order valence-electron chi connectivity index (χ0n) is 8.53. The number of hydrogen-bond donors (Lipinski definition) is 1. The zero-order chi connectivity index (χ0) is 11.7. The van der Waals surface area contributed by atoms with Crippen molar-refractivity contribution in [1.29, 1.82) is 0 Å². The van der Waals surface area contributed by atoms with Crippen molar-refractivity contribution in [2.24, 2.45) is 0 Å². The molecule has 0 heterocycles. The molecule has 82 valence electrons. The van der Waals surface area contributed by atoms with Crippen molar-refractivity contribution in [3.63, 3.8) is 0 Å². The van der Waals surface area contributed by atoms with Gasteiger partial charge in [-0.3, -0.25) is 0 Å². The van der Waals surface area contributed by atoms with Crippen molar-refractivity contribution >= 4 is 16.7 Å². The van der Waals surface area contributed by atoms with E-state index in [1.54, 1.807) is 12.1 Å². The topological polar surface area (TPSA) is 46.5 Å². The predicted octanol–water partition coefficient (Wildman–Crippen LogP) is 2.69. The predicted molar refractivity (Wildman–Crippen MR) is 57.4 cm³/mol. The largest absolute Gasteiger partial charge is 0.497 e. The quantitative estimate of drug-likeness (QED) is 0.846. The van der Waals surface area contributed by atoms with Crippen LogP contribution in [0.1, 0.15) is 10.4 Å². The Morgan fingerprint density at radius 1 is 1.25 bits per heavy atom. The molecule has 3 nitrogen and oxygen atoms in total. The first-order chi connectivity index (χ1) is 7.63. The van der Waals surface area contributed by atoms with Crippen LogP contribution in [0.15, 0.2) is 30.3 Å². The Morgan fingerprint density at radius 3 is 2.62 bits per heavy atom. The van der Waals surface area contributed by atoms with Gasteiger partial charge in [-0.15, -0.1) is 0 Å². The van der Waals surface area contributed by atoms with Crippen molar-refractivity contribution in [3.8, 4) is 5.75 Å². The lowest BCUT2D eigenvalue weighted by Crippen LogP contribution is -1.98. The number of carboxylic acids is 1.